The summed E-state index contributed by atoms with van der Waals surface area (Å²) in [7, 11) is -3.71. The summed E-state index contributed by atoms with van der Waals surface area (Å²) in [6, 6.07) is 2.64. The summed E-state index contributed by atoms with van der Waals surface area (Å²) in [4.78, 5) is 11.8. The van der Waals surface area contributed by atoms with Crippen LogP contribution in [0.1, 0.15) is 17.0 Å². The Morgan fingerprint density at radius 2 is 2.05 bits per heavy atom. The average Bonchev–Trinajstić information content (AvgIpc) is 2.99. The number of hydrogen-bond acceptors (Lipinski definition) is 5. The van der Waals surface area contributed by atoms with Gasteiger partial charge in [-0.15, -0.1) is 11.6 Å². The van der Waals surface area contributed by atoms with E-state index in [1.807, 2.05) is 0 Å². The van der Waals surface area contributed by atoms with Crippen molar-refractivity contribution in [2.24, 2.45) is 0 Å². The zero-order valence-electron chi connectivity index (χ0n) is 11.4. The molecule has 0 saturated carbocycles. The van der Waals surface area contributed by atoms with Gasteiger partial charge >= 0.3 is 0 Å². The molecule has 118 valence electrons. The molecule has 0 radical (unpaired) electrons. The van der Waals surface area contributed by atoms with E-state index in [0.29, 0.717) is 32.1 Å². The number of morpholine rings is 1. The van der Waals surface area contributed by atoms with Gasteiger partial charge in [0.05, 0.1) is 13.2 Å². The van der Waals surface area contributed by atoms with E-state index in [1.165, 1.54) is 16.4 Å². The van der Waals surface area contributed by atoms with Crippen molar-refractivity contribution in [2.75, 3.05) is 38.7 Å². The van der Waals surface area contributed by atoms with E-state index < -0.39 is 15.9 Å². The first-order valence-corrected chi connectivity index (χ1v) is 8.55. The molecular formula is C12H17ClN2O5S. The Hall–Kier alpha value is -1.09. The summed E-state index contributed by atoms with van der Waals surface area (Å²) in [6.07, 6.45) is 0.632. The first-order chi connectivity index (χ1) is 10.1. The molecule has 1 aromatic heterocycles. The summed E-state index contributed by atoms with van der Waals surface area (Å²) in [6.45, 7) is 1.67. The quantitative estimate of drug-likeness (QED) is 0.609. The van der Waals surface area contributed by atoms with Gasteiger partial charge in [-0.25, -0.2) is 8.42 Å². The van der Waals surface area contributed by atoms with Gasteiger partial charge in [-0.1, -0.05) is 0 Å². The summed E-state index contributed by atoms with van der Waals surface area (Å²) in [5, 5.41) is 2.37. The number of alkyl halides is 1. The van der Waals surface area contributed by atoms with E-state index in [1.54, 1.807) is 0 Å². The number of ether oxygens (including phenoxy) is 1. The number of carbonyl (C=O) groups excluding carboxylic acids is 1. The highest BCUT2D eigenvalue weighted by Gasteiger charge is 2.29. The minimum Gasteiger partial charge on any atom is -0.438 e. The standard InChI is InChI=1S/C12H17ClN2O5S/c13-4-1-5-14-12(16)10-2-3-11(20-10)21(17,18)15-6-8-19-9-7-15/h2-3H,1,4-9H2,(H,14,16). The van der Waals surface area contributed by atoms with Crippen LogP contribution in [-0.2, 0) is 14.8 Å². The van der Waals surface area contributed by atoms with E-state index in [2.05, 4.69) is 5.32 Å². The van der Waals surface area contributed by atoms with Crippen molar-refractivity contribution in [3.8, 4) is 0 Å². The monoisotopic (exact) mass is 336 g/mol. The first-order valence-electron chi connectivity index (χ1n) is 6.57. The lowest BCUT2D eigenvalue weighted by Crippen LogP contribution is -2.40. The van der Waals surface area contributed by atoms with Crippen molar-refractivity contribution in [1.29, 1.82) is 0 Å². The normalized spacial score (nSPS) is 16.8. The molecule has 2 heterocycles. The molecule has 1 fully saturated rings. The number of nitrogens with zero attached hydrogens (tertiary/aromatic N) is 1. The summed E-state index contributed by atoms with van der Waals surface area (Å²) in [5.74, 6) is -0.0466. The summed E-state index contributed by atoms with van der Waals surface area (Å²) >= 11 is 5.51. The van der Waals surface area contributed by atoms with E-state index in [9.17, 15) is 13.2 Å². The topological polar surface area (TPSA) is 88.9 Å². The number of hydrogen-bond donors (Lipinski definition) is 1. The zero-order chi connectivity index (χ0) is 15.3. The van der Waals surface area contributed by atoms with Gasteiger partial charge in [-0.2, -0.15) is 4.31 Å². The molecule has 0 bridgehead atoms. The Kier molecular flexibility index (Phi) is 5.63. The SMILES string of the molecule is O=C(NCCCCl)c1ccc(S(=O)(=O)N2CCOCC2)o1. The number of carbonyl (C=O) groups is 1. The van der Waals surface area contributed by atoms with Gasteiger partial charge in [0.25, 0.3) is 15.9 Å². The predicted octanol–water partition coefficient (Wildman–Crippen LogP) is 0.659. The number of furan rings is 1. The molecule has 0 aromatic carbocycles. The molecule has 1 aromatic rings. The van der Waals surface area contributed by atoms with Crippen LogP contribution in [-0.4, -0.2) is 57.4 Å². The van der Waals surface area contributed by atoms with Crippen molar-refractivity contribution in [3.63, 3.8) is 0 Å². The Morgan fingerprint density at radius 3 is 2.71 bits per heavy atom. The number of rotatable bonds is 6. The van der Waals surface area contributed by atoms with Crippen LogP contribution >= 0.6 is 11.6 Å². The molecular weight excluding hydrogens is 320 g/mol. The lowest BCUT2D eigenvalue weighted by molar-refractivity contribution is 0.0722. The molecule has 0 atom stereocenters. The molecule has 2 rings (SSSR count). The molecule has 9 heteroatoms. The van der Waals surface area contributed by atoms with Crippen LogP contribution in [0, 0.1) is 0 Å². The summed E-state index contributed by atoms with van der Waals surface area (Å²) in [5.41, 5.74) is 0. The largest absolute Gasteiger partial charge is 0.438 e. The van der Waals surface area contributed by atoms with Gasteiger partial charge < -0.3 is 14.5 Å². The molecule has 1 aliphatic rings. The van der Waals surface area contributed by atoms with Crippen LogP contribution in [0.2, 0.25) is 0 Å². The van der Waals surface area contributed by atoms with Gasteiger partial charge in [-0.05, 0) is 18.6 Å². The highest BCUT2D eigenvalue weighted by molar-refractivity contribution is 7.89. The number of nitrogens with one attached hydrogen (secondary N) is 1. The maximum absolute atomic E-state index is 12.3. The maximum atomic E-state index is 12.3. The maximum Gasteiger partial charge on any atom is 0.287 e. The fourth-order valence-corrected chi connectivity index (χ4v) is 3.30. The number of sulfonamides is 1. The van der Waals surface area contributed by atoms with Crippen LogP contribution in [0.3, 0.4) is 0 Å². The molecule has 0 unspecified atom stereocenters. The van der Waals surface area contributed by atoms with Gasteiger partial charge in [0.2, 0.25) is 5.09 Å². The van der Waals surface area contributed by atoms with Crippen molar-refractivity contribution >= 4 is 27.5 Å². The first kappa shape index (κ1) is 16.3. The summed E-state index contributed by atoms with van der Waals surface area (Å²) < 4.78 is 36.2. The molecule has 1 aliphatic heterocycles. The molecule has 0 spiro atoms. The highest BCUT2D eigenvalue weighted by Crippen LogP contribution is 2.19. The van der Waals surface area contributed by atoms with Crippen LogP contribution in [0.5, 0.6) is 0 Å². The molecule has 7 nitrogen and oxygen atoms in total. The van der Waals surface area contributed by atoms with Gasteiger partial charge in [0, 0.05) is 25.5 Å². The molecule has 1 amide bonds. The van der Waals surface area contributed by atoms with Gasteiger partial charge in [0.1, 0.15) is 0 Å². The minimum atomic E-state index is -3.71. The Balaban J connectivity index is 2.06. The minimum absolute atomic E-state index is 0.0311. The van der Waals surface area contributed by atoms with Crippen molar-refractivity contribution in [3.05, 3.63) is 17.9 Å². The lowest BCUT2D eigenvalue weighted by atomic mass is 10.4. The van der Waals surface area contributed by atoms with Crippen molar-refractivity contribution in [2.45, 2.75) is 11.5 Å². The van der Waals surface area contributed by atoms with E-state index >= 15 is 0 Å². The second kappa shape index (κ2) is 7.26. The zero-order valence-corrected chi connectivity index (χ0v) is 13.0. The molecule has 21 heavy (non-hydrogen) atoms. The van der Waals surface area contributed by atoms with Crippen LogP contribution in [0.15, 0.2) is 21.6 Å². The third-order valence-corrected chi connectivity index (χ3v) is 5.01. The fraction of sp³-hybridized carbons (Fsp3) is 0.583. The fourth-order valence-electron chi connectivity index (χ4n) is 1.85. The predicted molar refractivity (Wildman–Crippen MR) is 76.0 cm³/mol. The average molecular weight is 337 g/mol. The highest BCUT2D eigenvalue weighted by atomic mass is 35.5. The van der Waals surface area contributed by atoms with Crippen LogP contribution in [0.25, 0.3) is 0 Å². The van der Waals surface area contributed by atoms with Gasteiger partial charge in [0.15, 0.2) is 5.76 Å². The third-order valence-electron chi connectivity index (χ3n) is 2.97. The smallest absolute Gasteiger partial charge is 0.287 e. The second-order valence-corrected chi connectivity index (χ2v) is 6.68. The Labute approximate surface area is 128 Å². The van der Waals surface area contributed by atoms with Crippen LogP contribution < -0.4 is 5.32 Å². The van der Waals surface area contributed by atoms with Crippen molar-refractivity contribution < 1.29 is 22.4 Å². The molecule has 1 saturated heterocycles. The van der Waals surface area contributed by atoms with E-state index in [0.717, 1.165) is 0 Å². The second-order valence-electron chi connectivity index (χ2n) is 4.43. The third kappa shape index (κ3) is 3.97. The Bertz CT molecular complexity index is 580. The van der Waals surface area contributed by atoms with Gasteiger partial charge in [-0.3, -0.25) is 4.79 Å². The Morgan fingerprint density at radius 1 is 1.33 bits per heavy atom. The lowest BCUT2D eigenvalue weighted by Gasteiger charge is -2.24. The van der Waals surface area contributed by atoms with E-state index in [4.69, 9.17) is 20.8 Å². The molecule has 1 N–H and O–H groups in total. The number of halogens is 1. The van der Waals surface area contributed by atoms with Crippen LogP contribution in [0.4, 0.5) is 0 Å². The molecule has 0 aliphatic carbocycles. The van der Waals surface area contributed by atoms with Crippen molar-refractivity contribution in [1.82, 2.24) is 9.62 Å². The van der Waals surface area contributed by atoms with E-state index in [-0.39, 0.29) is 23.9 Å². The number of amides is 1.